The lowest BCUT2D eigenvalue weighted by molar-refractivity contribution is -0.144. The van der Waals surface area contributed by atoms with Gasteiger partial charge in [0.25, 0.3) is 0 Å². The minimum atomic E-state index is -1.01. The number of nitrogens with one attached hydrogen (secondary N) is 2. The number of fused-ring (bicyclic) bond motifs is 4. The number of alkyl carbamates (subject to hydrolysis) is 1. The van der Waals surface area contributed by atoms with Gasteiger partial charge in [-0.25, -0.2) is 9.59 Å². The van der Waals surface area contributed by atoms with Gasteiger partial charge in [0.15, 0.2) is 0 Å². The predicted octanol–water partition coefficient (Wildman–Crippen LogP) is 4.31. The molecule has 5 rings (SSSR count). The Kier molecular flexibility index (Phi) is 6.03. The Hall–Kier alpha value is -3.35. The van der Waals surface area contributed by atoms with E-state index in [4.69, 9.17) is 4.74 Å². The summed E-state index contributed by atoms with van der Waals surface area (Å²) in [5.41, 5.74) is 4.11. The molecule has 0 bridgehead atoms. The van der Waals surface area contributed by atoms with Crippen LogP contribution in [-0.2, 0) is 14.3 Å². The summed E-state index contributed by atoms with van der Waals surface area (Å²) in [7, 11) is 0. The Morgan fingerprint density at radius 1 is 1.06 bits per heavy atom. The molecule has 7 nitrogen and oxygen atoms in total. The zero-order valence-corrected chi connectivity index (χ0v) is 20.1. The molecule has 184 valence electrons. The van der Waals surface area contributed by atoms with Crippen LogP contribution >= 0.6 is 0 Å². The van der Waals surface area contributed by atoms with E-state index in [1.165, 1.54) is 11.1 Å². The maximum absolute atomic E-state index is 13.0. The SMILES string of the molecule is CC[C@H](C)[C@H](NC(=O)[C@]12C[C@H](NC(=O)OCC3c4ccccc4-c4ccccc43)C[C@H]1C2)C(=O)O. The van der Waals surface area contributed by atoms with Crippen molar-refractivity contribution in [2.75, 3.05) is 6.61 Å². The van der Waals surface area contributed by atoms with Gasteiger partial charge >= 0.3 is 12.1 Å². The first-order valence-corrected chi connectivity index (χ1v) is 12.5. The highest BCUT2D eigenvalue weighted by Gasteiger charge is 2.65. The summed E-state index contributed by atoms with van der Waals surface area (Å²) in [6.45, 7) is 3.99. The number of amides is 2. The van der Waals surface area contributed by atoms with Gasteiger partial charge in [0, 0.05) is 12.0 Å². The number of ether oxygens (including phenoxy) is 1. The highest BCUT2D eigenvalue weighted by Crippen LogP contribution is 2.63. The minimum Gasteiger partial charge on any atom is -0.480 e. The van der Waals surface area contributed by atoms with Crippen molar-refractivity contribution in [1.29, 1.82) is 0 Å². The molecule has 2 fully saturated rings. The van der Waals surface area contributed by atoms with Crippen LogP contribution in [0, 0.1) is 17.3 Å². The second-order valence-electron chi connectivity index (χ2n) is 10.3. The maximum atomic E-state index is 13.0. The van der Waals surface area contributed by atoms with Crippen molar-refractivity contribution in [1.82, 2.24) is 10.6 Å². The molecule has 5 atom stereocenters. The van der Waals surface area contributed by atoms with Gasteiger partial charge < -0.3 is 20.5 Å². The van der Waals surface area contributed by atoms with Crippen LogP contribution in [0.3, 0.4) is 0 Å². The van der Waals surface area contributed by atoms with Crippen molar-refractivity contribution < 1.29 is 24.2 Å². The van der Waals surface area contributed by atoms with Crippen LogP contribution < -0.4 is 10.6 Å². The normalized spacial score (nSPS) is 25.5. The van der Waals surface area contributed by atoms with Gasteiger partial charge in [-0.3, -0.25) is 4.79 Å². The van der Waals surface area contributed by atoms with Crippen LogP contribution in [-0.4, -0.2) is 41.8 Å². The topological polar surface area (TPSA) is 105 Å². The molecule has 7 heteroatoms. The summed E-state index contributed by atoms with van der Waals surface area (Å²) in [6, 6.07) is 15.4. The summed E-state index contributed by atoms with van der Waals surface area (Å²) < 4.78 is 5.66. The Bertz CT molecular complexity index is 1120. The number of carboxylic acids is 1. The summed E-state index contributed by atoms with van der Waals surface area (Å²) in [4.78, 5) is 37.3. The molecule has 2 aromatic carbocycles. The number of rotatable bonds is 8. The zero-order chi connectivity index (χ0) is 24.7. The van der Waals surface area contributed by atoms with Crippen molar-refractivity contribution in [3.05, 3.63) is 59.7 Å². The van der Waals surface area contributed by atoms with Gasteiger partial charge in [-0.15, -0.1) is 0 Å². The summed E-state index contributed by atoms with van der Waals surface area (Å²) in [6.07, 6.45) is 2.16. The van der Waals surface area contributed by atoms with Gasteiger partial charge in [-0.05, 0) is 53.4 Å². The first-order valence-electron chi connectivity index (χ1n) is 12.5. The van der Waals surface area contributed by atoms with Crippen LogP contribution in [0.2, 0.25) is 0 Å². The fraction of sp³-hybridized carbons (Fsp3) is 0.464. The zero-order valence-electron chi connectivity index (χ0n) is 20.1. The van der Waals surface area contributed by atoms with Gasteiger partial charge in [-0.2, -0.15) is 0 Å². The molecule has 0 spiro atoms. The molecular formula is C28H32N2O5. The van der Waals surface area contributed by atoms with Gasteiger partial charge in [0.2, 0.25) is 5.91 Å². The maximum Gasteiger partial charge on any atom is 0.407 e. The average Bonchev–Trinajstić information content (AvgIpc) is 3.28. The molecule has 0 saturated heterocycles. The summed E-state index contributed by atoms with van der Waals surface area (Å²) in [5.74, 6) is -1.19. The van der Waals surface area contributed by atoms with Crippen molar-refractivity contribution in [2.45, 2.75) is 57.5 Å². The van der Waals surface area contributed by atoms with E-state index in [1.807, 2.05) is 38.1 Å². The molecule has 0 aromatic heterocycles. The second-order valence-corrected chi connectivity index (χ2v) is 10.3. The van der Waals surface area contributed by atoms with Crippen LogP contribution in [0.25, 0.3) is 11.1 Å². The molecule has 0 aliphatic heterocycles. The monoisotopic (exact) mass is 476 g/mol. The van der Waals surface area contributed by atoms with Crippen LogP contribution in [0.5, 0.6) is 0 Å². The van der Waals surface area contributed by atoms with Crippen LogP contribution in [0.15, 0.2) is 48.5 Å². The predicted molar refractivity (Wildman–Crippen MR) is 131 cm³/mol. The molecule has 35 heavy (non-hydrogen) atoms. The third-order valence-electron chi connectivity index (χ3n) is 8.30. The number of benzene rings is 2. The molecule has 0 heterocycles. The summed E-state index contributed by atoms with van der Waals surface area (Å²) >= 11 is 0. The number of carboxylic acid groups (broad SMARTS) is 1. The third kappa shape index (κ3) is 4.17. The standard InChI is InChI=1S/C28H32N2O5/c1-3-16(2)24(25(31)32)30-26(33)28-13-17(28)12-18(14-28)29-27(34)35-15-23-21-10-6-4-8-19(21)20-9-5-7-11-22(20)23/h4-11,16-18,23-24H,3,12-15H2,1-2H3,(H,29,34)(H,30,33)(H,31,32)/t16-,17-,18+,24-,28+/m0/s1. The van der Waals surface area contributed by atoms with E-state index >= 15 is 0 Å². The number of carbonyl (C=O) groups excluding carboxylic acids is 2. The molecule has 2 aromatic rings. The average molecular weight is 477 g/mol. The molecule has 2 saturated carbocycles. The van der Waals surface area contributed by atoms with Crippen LogP contribution in [0.1, 0.15) is 56.6 Å². The number of hydrogen-bond acceptors (Lipinski definition) is 4. The van der Waals surface area contributed by atoms with E-state index in [9.17, 15) is 19.5 Å². The molecule has 0 unspecified atom stereocenters. The fourth-order valence-electron chi connectivity index (χ4n) is 6.06. The van der Waals surface area contributed by atoms with Gasteiger partial charge in [-0.1, -0.05) is 68.8 Å². The summed E-state index contributed by atoms with van der Waals surface area (Å²) in [5, 5.41) is 15.2. The highest BCUT2D eigenvalue weighted by atomic mass is 16.5. The lowest BCUT2D eigenvalue weighted by atomic mass is 9.96. The van der Waals surface area contributed by atoms with Crippen LogP contribution in [0.4, 0.5) is 4.79 Å². The van der Waals surface area contributed by atoms with Gasteiger partial charge in [0.05, 0.1) is 5.41 Å². The first kappa shape index (κ1) is 23.4. The van der Waals surface area contributed by atoms with E-state index in [2.05, 4.69) is 34.9 Å². The molecular weight excluding hydrogens is 444 g/mol. The van der Waals surface area contributed by atoms with Crippen molar-refractivity contribution in [2.24, 2.45) is 17.3 Å². The number of carbonyl (C=O) groups is 3. The lowest BCUT2D eigenvalue weighted by Crippen LogP contribution is -2.48. The Balaban J connectivity index is 1.17. The Morgan fingerprint density at radius 2 is 1.69 bits per heavy atom. The Morgan fingerprint density at radius 3 is 2.29 bits per heavy atom. The second kappa shape index (κ2) is 9.02. The smallest absolute Gasteiger partial charge is 0.407 e. The van der Waals surface area contributed by atoms with E-state index in [1.54, 1.807) is 0 Å². The quantitative estimate of drug-likeness (QED) is 0.527. The molecule has 3 aliphatic rings. The van der Waals surface area contributed by atoms with Crippen molar-refractivity contribution in [3.8, 4) is 11.1 Å². The minimum absolute atomic E-state index is 0.00393. The third-order valence-corrected chi connectivity index (χ3v) is 8.30. The van der Waals surface area contributed by atoms with E-state index < -0.39 is 23.5 Å². The van der Waals surface area contributed by atoms with E-state index in [0.29, 0.717) is 19.3 Å². The van der Waals surface area contributed by atoms with Crippen molar-refractivity contribution in [3.63, 3.8) is 0 Å². The molecule has 3 N–H and O–H groups in total. The Labute approximate surface area is 205 Å². The molecule has 0 radical (unpaired) electrons. The van der Waals surface area contributed by atoms with E-state index in [0.717, 1.165) is 17.5 Å². The lowest BCUT2D eigenvalue weighted by Gasteiger charge is -2.24. The van der Waals surface area contributed by atoms with Gasteiger partial charge in [0.1, 0.15) is 12.6 Å². The highest BCUT2D eigenvalue weighted by molar-refractivity contribution is 5.90. The fourth-order valence-corrected chi connectivity index (χ4v) is 6.06. The molecule has 3 aliphatic carbocycles. The number of hydrogen-bond donors (Lipinski definition) is 3. The number of aliphatic carboxylic acids is 1. The molecule has 2 amide bonds. The largest absolute Gasteiger partial charge is 0.480 e. The van der Waals surface area contributed by atoms with E-state index in [-0.39, 0.29) is 36.3 Å². The first-order chi connectivity index (χ1) is 16.8. The van der Waals surface area contributed by atoms with Crippen molar-refractivity contribution >= 4 is 18.0 Å².